The predicted octanol–water partition coefficient (Wildman–Crippen LogP) is 2.96. The monoisotopic (exact) mass is 396 g/mol. The molecule has 0 N–H and O–H groups in total. The maximum atomic E-state index is 11.6. The van der Waals surface area contributed by atoms with Crippen LogP contribution in [0.5, 0.6) is 0 Å². The van der Waals surface area contributed by atoms with Gasteiger partial charge in [-0.1, -0.05) is 15.9 Å². The zero-order chi connectivity index (χ0) is 12.3. The van der Waals surface area contributed by atoms with Gasteiger partial charge in [0.1, 0.15) is 0 Å². The Bertz CT molecular complexity index is 420. The summed E-state index contributed by atoms with van der Waals surface area (Å²) in [6.07, 6.45) is 0. The van der Waals surface area contributed by atoms with Crippen molar-refractivity contribution in [3.63, 3.8) is 0 Å². The van der Waals surface area contributed by atoms with Crippen LogP contribution in [-0.2, 0) is 4.74 Å². The molecular formula is C11H10BrIO3. The van der Waals surface area contributed by atoms with E-state index in [0.29, 0.717) is 11.1 Å². The van der Waals surface area contributed by atoms with E-state index in [9.17, 15) is 9.59 Å². The number of halogens is 2. The molecule has 86 valence electrons. The third-order valence-electron chi connectivity index (χ3n) is 2.11. The predicted molar refractivity (Wildman–Crippen MR) is 73.4 cm³/mol. The van der Waals surface area contributed by atoms with E-state index >= 15 is 0 Å². The summed E-state index contributed by atoms with van der Waals surface area (Å²) >= 11 is 5.19. The Hall–Kier alpha value is -0.430. The Morgan fingerprint density at radius 3 is 2.50 bits per heavy atom. The number of rotatable bonds is 3. The fraction of sp³-hybridized carbons (Fsp3) is 0.273. The number of hydrogen-bond acceptors (Lipinski definition) is 3. The summed E-state index contributed by atoms with van der Waals surface area (Å²) in [6, 6.07) is 3.33. The average Bonchev–Trinajstić information content (AvgIpc) is 2.26. The lowest BCUT2D eigenvalue weighted by molar-refractivity contribution is 0.0600. The Morgan fingerprint density at radius 1 is 1.44 bits per heavy atom. The summed E-state index contributed by atoms with van der Waals surface area (Å²) in [5.41, 5.74) is 1.91. The van der Waals surface area contributed by atoms with Gasteiger partial charge >= 0.3 is 5.97 Å². The second-order valence-corrected chi connectivity index (χ2v) is 4.92. The standard InChI is InChI=1S/C11H10BrIO3/c1-6-3-7(11(15)16-2)4-8(13)10(6)9(14)5-12/h3-4H,5H2,1-2H3. The molecule has 0 atom stereocenters. The van der Waals surface area contributed by atoms with Crippen LogP contribution in [0.2, 0.25) is 0 Å². The molecule has 0 aliphatic carbocycles. The lowest BCUT2D eigenvalue weighted by atomic mass is 10.0. The Labute approximate surface area is 116 Å². The molecule has 1 rings (SSSR count). The number of ether oxygens (including phenoxy) is 1. The maximum absolute atomic E-state index is 11.6. The average molecular weight is 397 g/mol. The second kappa shape index (κ2) is 5.77. The van der Waals surface area contributed by atoms with Crippen LogP contribution in [0.1, 0.15) is 26.3 Å². The Morgan fingerprint density at radius 2 is 2.06 bits per heavy atom. The molecule has 5 heteroatoms. The fourth-order valence-corrected chi connectivity index (χ4v) is 2.74. The van der Waals surface area contributed by atoms with Gasteiger partial charge in [0, 0.05) is 9.13 Å². The summed E-state index contributed by atoms with van der Waals surface area (Å²) in [5.74, 6) is -0.378. The largest absolute Gasteiger partial charge is 0.465 e. The molecule has 0 bridgehead atoms. The Kier molecular flexibility index (Phi) is 4.91. The van der Waals surface area contributed by atoms with Crippen LogP contribution in [0.15, 0.2) is 12.1 Å². The third kappa shape index (κ3) is 2.82. The van der Waals surface area contributed by atoms with Gasteiger partial charge in [-0.15, -0.1) is 0 Å². The molecular weight excluding hydrogens is 387 g/mol. The number of methoxy groups -OCH3 is 1. The number of Topliss-reactive ketones (excluding diaryl/α,β-unsaturated/α-hetero) is 1. The van der Waals surface area contributed by atoms with Crippen LogP contribution < -0.4 is 0 Å². The molecule has 0 saturated heterocycles. The van der Waals surface area contributed by atoms with E-state index < -0.39 is 0 Å². The number of ketones is 1. The number of carbonyl (C=O) groups is 2. The van der Waals surface area contributed by atoms with Crippen molar-refractivity contribution < 1.29 is 14.3 Å². The van der Waals surface area contributed by atoms with E-state index in [0.717, 1.165) is 9.13 Å². The van der Waals surface area contributed by atoms with Crippen LogP contribution >= 0.6 is 38.5 Å². The van der Waals surface area contributed by atoms with E-state index in [4.69, 9.17) is 0 Å². The van der Waals surface area contributed by atoms with Crippen molar-refractivity contribution in [2.24, 2.45) is 0 Å². The van der Waals surface area contributed by atoms with Crippen LogP contribution in [0.25, 0.3) is 0 Å². The van der Waals surface area contributed by atoms with Crippen molar-refractivity contribution in [1.82, 2.24) is 0 Å². The summed E-state index contributed by atoms with van der Waals surface area (Å²) in [7, 11) is 1.34. The Balaban J connectivity index is 3.28. The smallest absolute Gasteiger partial charge is 0.337 e. The first kappa shape index (κ1) is 13.6. The molecule has 0 amide bonds. The second-order valence-electron chi connectivity index (χ2n) is 3.20. The van der Waals surface area contributed by atoms with Crippen LogP contribution in [-0.4, -0.2) is 24.2 Å². The van der Waals surface area contributed by atoms with Crippen molar-refractivity contribution in [3.8, 4) is 0 Å². The normalized spacial score (nSPS) is 10.0. The number of esters is 1. The quantitative estimate of drug-likeness (QED) is 0.341. The van der Waals surface area contributed by atoms with Gasteiger partial charge in [-0.25, -0.2) is 4.79 Å². The first-order chi connectivity index (χ1) is 7.51. The zero-order valence-electron chi connectivity index (χ0n) is 8.84. The van der Waals surface area contributed by atoms with Crippen molar-refractivity contribution in [2.45, 2.75) is 6.92 Å². The zero-order valence-corrected chi connectivity index (χ0v) is 12.6. The number of benzene rings is 1. The van der Waals surface area contributed by atoms with Crippen molar-refractivity contribution in [1.29, 1.82) is 0 Å². The van der Waals surface area contributed by atoms with Gasteiger partial charge in [-0.05, 0) is 47.2 Å². The molecule has 0 unspecified atom stereocenters. The third-order valence-corrected chi connectivity index (χ3v) is 3.47. The van der Waals surface area contributed by atoms with Gasteiger partial charge in [-0.3, -0.25) is 4.79 Å². The van der Waals surface area contributed by atoms with E-state index in [1.807, 2.05) is 6.92 Å². The highest BCUT2D eigenvalue weighted by molar-refractivity contribution is 14.1. The molecule has 0 fully saturated rings. The molecule has 16 heavy (non-hydrogen) atoms. The lowest BCUT2D eigenvalue weighted by Gasteiger charge is -2.08. The topological polar surface area (TPSA) is 43.4 Å². The molecule has 0 heterocycles. The van der Waals surface area contributed by atoms with E-state index in [1.165, 1.54) is 7.11 Å². The molecule has 0 aliphatic heterocycles. The summed E-state index contributed by atoms with van der Waals surface area (Å²) in [5, 5.41) is 0.279. The van der Waals surface area contributed by atoms with E-state index in [-0.39, 0.29) is 17.1 Å². The molecule has 0 saturated carbocycles. The molecule has 0 aliphatic rings. The van der Waals surface area contributed by atoms with Gasteiger partial charge in [0.15, 0.2) is 5.78 Å². The van der Waals surface area contributed by atoms with Crippen LogP contribution in [0.3, 0.4) is 0 Å². The molecule has 0 radical (unpaired) electrons. The minimum absolute atomic E-state index is 0.0123. The number of carbonyl (C=O) groups excluding carboxylic acids is 2. The highest BCUT2D eigenvalue weighted by Gasteiger charge is 2.16. The highest BCUT2D eigenvalue weighted by Crippen LogP contribution is 2.21. The van der Waals surface area contributed by atoms with Crippen molar-refractivity contribution in [2.75, 3.05) is 12.4 Å². The number of alkyl halides is 1. The van der Waals surface area contributed by atoms with E-state index in [2.05, 4.69) is 43.3 Å². The van der Waals surface area contributed by atoms with Gasteiger partial charge in [-0.2, -0.15) is 0 Å². The number of aryl methyl sites for hydroxylation is 1. The van der Waals surface area contributed by atoms with Gasteiger partial charge in [0.2, 0.25) is 0 Å². The van der Waals surface area contributed by atoms with Crippen LogP contribution in [0.4, 0.5) is 0 Å². The first-order valence-corrected chi connectivity index (χ1v) is 6.69. The lowest BCUT2D eigenvalue weighted by Crippen LogP contribution is -2.09. The van der Waals surface area contributed by atoms with Crippen molar-refractivity contribution in [3.05, 3.63) is 32.4 Å². The molecule has 0 spiro atoms. The van der Waals surface area contributed by atoms with E-state index in [1.54, 1.807) is 12.1 Å². The minimum atomic E-state index is -0.390. The number of hydrogen-bond donors (Lipinski definition) is 0. The van der Waals surface area contributed by atoms with Crippen molar-refractivity contribution >= 4 is 50.3 Å². The molecule has 1 aromatic carbocycles. The molecule has 0 aromatic heterocycles. The first-order valence-electron chi connectivity index (χ1n) is 4.49. The highest BCUT2D eigenvalue weighted by atomic mass is 127. The SMILES string of the molecule is COC(=O)c1cc(C)c(C(=O)CBr)c(I)c1. The minimum Gasteiger partial charge on any atom is -0.465 e. The van der Waals surface area contributed by atoms with Gasteiger partial charge < -0.3 is 4.74 Å². The molecule has 1 aromatic rings. The summed E-state index contributed by atoms with van der Waals surface area (Å²) < 4.78 is 5.40. The van der Waals surface area contributed by atoms with Crippen LogP contribution in [0, 0.1) is 10.5 Å². The summed E-state index contributed by atoms with van der Waals surface area (Å²) in [4.78, 5) is 23.0. The van der Waals surface area contributed by atoms with Gasteiger partial charge in [0.05, 0.1) is 18.0 Å². The van der Waals surface area contributed by atoms with Gasteiger partial charge in [0.25, 0.3) is 0 Å². The fourth-order valence-electron chi connectivity index (χ4n) is 1.40. The maximum Gasteiger partial charge on any atom is 0.337 e. The summed E-state index contributed by atoms with van der Waals surface area (Å²) in [6.45, 7) is 1.81. The molecule has 3 nitrogen and oxygen atoms in total.